The van der Waals surface area contributed by atoms with E-state index in [9.17, 15) is 8.78 Å². The predicted octanol–water partition coefficient (Wildman–Crippen LogP) is 3.43. The molecule has 17 heavy (non-hydrogen) atoms. The van der Waals surface area contributed by atoms with Crippen molar-refractivity contribution in [2.45, 2.75) is 45.2 Å². The third-order valence-corrected chi connectivity index (χ3v) is 3.60. The highest BCUT2D eigenvalue weighted by molar-refractivity contribution is 5.35. The lowest BCUT2D eigenvalue weighted by Gasteiger charge is -2.33. The van der Waals surface area contributed by atoms with E-state index in [0.717, 1.165) is 5.56 Å². The number of benzene rings is 1. The van der Waals surface area contributed by atoms with Crippen molar-refractivity contribution < 1.29 is 8.78 Å². The molecule has 0 bridgehead atoms. The van der Waals surface area contributed by atoms with Crippen LogP contribution in [0, 0.1) is 0 Å². The summed E-state index contributed by atoms with van der Waals surface area (Å²) < 4.78 is 25.7. The summed E-state index contributed by atoms with van der Waals surface area (Å²) in [7, 11) is 1.78. The molecular formula is C14H19F2N. The van der Waals surface area contributed by atoms with Crippen LogP contribution in [0.4, 0.5) is 8.78 Å². The molecule has 3 heteroatoms. The van der Waals surface area contributed by atoms with E-state index >= 15 is 0 Å². The smallest absolute Gasteiger partial charge is 0.254 e. The Hall–Kier alpha value is -0.960. The van der Waals surface area contributed by atoms with Crippen LogP contribution in [0.25, 0.3) is 0 Å². The van der Waals surface area contributed by atoms with Crippen molar-refractivity contribution in [1.82, 2.24) is 4.90 Å². The Morgan fingerprint density at radius 2 is 1.94 bits per heavy atom. The summed E-state index contributed by atoms with van der Waals surface area (Å²) in [5.74, 6) is 0.485. The normalized spacial score (nSPS) is 21.0. The van der Waals surface area contributed by atoms with Crippen molar-refractivity contribution in [3.63, 3.8) is 0 Å². The van der Waals surface area contributed by atoms with Crippen molar-refractivity contribution in [3.8, 4) is 0 Å². The summed E-state index contributed by atoms with van der Waals surface area (Å²) >= 11 is 0. The minimum absolute atomic E-state index is 0.460. The predicted molar refractivity (Wildman–Crippen MR) is 65.5 cm³/mol. The minimum Gasteiger partial charge on any atom is -0.293 e. The maximum atomic E-state index is 12.8. The summed E-state index contributed by atoms with van der Waals surface area (Å²) in [6, 6.07) is 5.62. The molecule has 1 aromatic carbocycles. The van der Waals surface area contributed by atoms with Gasteiger partial charge in [-0.3, -0.25) is 4.90 Å². The first-order chi connectivity index (χ1) is 7.99. The van der Waals surface area contributed by atoms with E-state index in [1.165, 1.54) is 11.1 Å². The Balaban J connectivity index is 2.28. The van der Waals surface area contributed by atoms with Crippen molar-refractivity contribution in [2.75, 3.05) is 7.05 Å². The highest BCUT2D eigenvalue weighted by Crippen LogP contribution is 2.28. The van der Waals surface area contributed by atoms with Crippen molar-refractivity contribution in [1.29, 1.82) is 0 Å². The number of hydrogen-bond acceptors (Lipinski definition) is 1. The molecule has 0 aromatic heterocycles. The number of fused-ring (bicyclic) bond motifs is 1. The van der Waals surface area contributed by atoms with Gasteiger partial charge in [0.25, 0.3) is 6.43 Å². The topological polar surface area (TPSA) is 3.24 Å². The second kappa shape index (κ2) is 4.73. The quantitative estimate of drug-likeness (QED) is 0.764. The average molecular weight is 239 g/mol. The van der Waals surface area contributed by atoms with E-state index in [-0.39, 0.29) is 0 Å². The molecule has 0 aliphatic carbocycles. The summed E-state index contributed by atoms with van der Waals surface area (Å²) in [4.78, 5) is 1.76. The number of nitrogens with zero attached hydrogens (tertiary/aromatic N) is 1. The second-order valence-corrected chi connectivity index (χ2v) is 5.20. The number of alkyl halides is 2. The molecule has 1 atom stereocenters. The van der Waals surface area contributed by atoms with E-state index in [2.05, 4.69) is 26.0 Å². The lowest BCUT2D eigenvalue weighted by Crippen LogP contribution is -2.42. The molecule has 1 nitrogen and oxygen atoms in total. The van der Waals surface area contributed by atoms with Crippen molar-refractivity contribution in [2.24, 2.45) is 0 Å². The lowest BCUT2D eigenvalue weighted by atomic mass is 9.90. The van der Waals surface area contributed by atoms with Gasteiger partial charge in [0.15, 0.2) is 0 Å². The van der Waals surface area contributed by atoms with Crippen LogP contribution < -0.4 is 0 Å². The average Bonchev–Trinajstić information content (AvgIpc) is 2.26. The first-order valence-corrected chi connectivity index (χ1v) is 6.09. The summed E-state index contributed by atoms with van der Waals surface area (Å²) in [6.07, 6.45) is -1.81. The first-order valence-electron chi connectivity index (χ1n) is 6.09. The molecule has 94 valence electrons. The van der Waals surface area contributed by atoms with Gasteiger partial charge in [-0.15, -0.1) is 0 Å². The van der Waals surface area contributed by atoms with Crippen LogP contribution in [0.5, 0.6) is 0 Å². The number of rotatable bonds is 2. The van der Waals surface area contributed by atoms with Gasteiger partial charge in [-0.05, 0) is 36.1 Å². The van der Waals surface area contributed by atoms with Crippen LogP contribution >= 0.6 is 0 Å². The fourth-order valence-electron chi connectivity index (χ4n) is 2.40. The zero-order valence-electron chi connectivity index (χ0n) is 10.6. The molecule has 0 radical (unpaired) electrons. The van der Waals surface area contributed by atoms with Gasteiger partial charge in [0, 0.05) is 6.54 Å². The van der Waals surface area contributed by atoms with E-state index in [1.807, 2.05) is 6.07 Å². The second-order valence-electron chi connectivity index (χ2n) is 5.20. The molecule has 0 amide bonds. The van der Waals surface area contributed by atoms with E-state index in [1.54, 1.807) is 11.9 Å². The SMILES string of the molecule is CC(C)c1ccc2c(c1)CN(C)C(C(F)F)C2. The summed E-state index contributed by atoms with van der Waals surface area (Å²) in [5, 5.41) is 0. The Bertz CT molecular complexity index is 401. The van der Waals surface area contributed by atoms with Crippen LogP contribution in [-0.2, 0) is 13.0 Å². The number of likely N-dealkylation sites (N-methyl/N-ethyl adjacent to an activating group) is 1. The monoisotopic (exact) mass is 239 g/mol. The molecule has 1 heterocycles. The summed E-state index contributed by atoms with van der Waals surface area (Å²) in [6.45, 7) is 4.93. The summed E-state index contributed by atoms with van der Waals surface area (Å²) in [5.41, 5.74) is 3.57. The van der Waals surface area contributed by atoms with Gasteiger partial charge in [0.1, 0.15) is 0 Å². The molecule has 2 rings (SSSR count). The van der Waals surface area contributed by atoms with Crippen LogP contribution in [0.3, 0.4) is 0 Å². The molecule has 1 aromatic rings. The van der Waals surface area contributed by atoms with E-state index < -0.39 is 12.5 Å². The third kappa shape index (κ3) is 2.49. The fourth-order valence-corrected chi connectivity index (χ4v) is 2.40. The third-order valence-electron chi connectivity index (χ3n) is 3.60. The zero-order chi connectivity index (χ0) is 12.6. The number of halogens is 2. The molecule has 0 saturated heterocycles. The standard InChI is InChI=1S/C14H19F2N/c1-9(2)10-4-5-11-7-13(14(15)16)17(3)8-12(11)6-10/h4-6,9,13-14H,7-8H2,1-3H3. The van der Waals surface area contributed by atoms with Crippen LogP contribution in [-0.4, -0.2) is 24.4 Å². The molecule has 1 unspecified atom stereocenters. The van der Waals surface area contributed by atoms with Gasteiger partial charge in [-0.25, -0.2) is 8.78 Å². The maximum Gasteiger partial charge on any atom is 0.254 e. The Morgan fingerprint density at radius 1 is 1.24 bits per heavy atom. The number of hydrogen-bond donors (Lipinski definition) is 0. The lowest BCUT2D eigenvalue weighted by molar-refractivity contribution is 0.0285. The molecule has 0 spiro atoms. The van der Waals surface area contributed by atoms with Gasteiger partial charge >= 0.3 is 0 Å². The molecular weight excluding hydrogens is 220 g/mol. The molecule has 0 saturated carbocycles. The largest absolute Gasteiger partial charge is 0.293 e. The zero-order valence-corrected chi connectivity index (χ0v) is 10.6. The van der Waals surface area contributed by atoms with Crippen LogP contribution in [0.1, 0.15) is 36.5 Å². The van der Waals surface area contributed by atoms with Gasteiger partial charge < -0.3 is 0 Å². The van der Waals surface area contributed by atoms with Gasteiger partial charge in [-0.1, -0.05) is 32.0 Å². The molecule has 1 aliphatic heterocycles. The minimum atomic E-state index is -2.27. The van der Waals surface area contributed by atoms with E-state index in [0.29, 0.717) is 18.9 Å². The molecule has 0 fully saturated rings. The maximum absolute atomic E-state index is 12.8. The van der Waals surface area contributed by atoms with Gasteiger partial charge in [-0.2, -0.15) is 0 Å². The Labute approximate surface area is 101 Å². The molecule has 0 N–H and O–H groups in total. The fraction of sp³-hybridized carbons (Fsp3) is 0.571. The van der Waals surface area contributed by atoms with Crippen molar-refractivity contribution in [3.05, 3.63) is 34.9 Å². The van der Waals surface area contributed by atoms with Crippen LogP contribution in [0.15, 0.2) is 18.2 Å². The van der Waals surface area contributed by atoms with E-state index in [4.69, 9.17) is 0 Å². The molecule has 1 aliphatic rings. The first kappa shape index (κ1) is 12.5. The highest BCUT2D eigenvalue weighted by atomic mass is 19.3. The van der Waals surface area contributed by atoms with Crippen LogP contribution in [0.2, 0.25) is 0 Å². The van der Waals surface area contributed by atoms with Gasteiger partial charge in [0.05, 0.1) is 6.04 Å². The highest BCUT2D eigenvalue weighted by Gasteiger charge is 2.30. The van der Waals surface area contributed by atoms with Gasteiger partial charge in [0.2, 0.25) is 0 Å². The van der Waals surface area contributed by atoms with Crippen molar-refractivity contribution >= 4 is 0 Å². The Morgan fingerprint density at radius 3 is 2.53 bits per heavy atom. The Kier molecular flexibility index (Phi) is 3.48.